The Hall–Kier alpha value is -2.01. The van der Waals surface area contributed by atoms with E-state index in [0.717, 1.165) is 46.3 Å². The van der Waals surface area contributed by atoms with Crippen LogP contribution < -0.4 is 5.32 Å². The first-order chi connectivity index (χ1) is 10.3. The van der Waals surface area contributed by atoms with Gasteiger partial charge in [-0.05, 0) is 30.7 Å². The van der Waals surface area contributed by atoms with E-state index in [1.165, 1.54) is 0 Å². The maximum Gasteiger partial charge on any atom is 0.166 e. The monoisotopic (exact) mass is 298 g/mol. The molecule has 108 valence electrons. The van der Waals surface area contributed by atoms with E-state index in [1.807, 2.05) is 36.5 Å². The first kappa shape index (κ1) is 13.9. The molecule has 3 aromatic rings. The number of anilines is 1. The van der Waals surface area contributed by atoms with E-state index in [4.69, 9.17) is 0 Å². The third kappa shape index (κ3) is 3.55. The lowest BCUT2D eigenvalue weighted by Gasteiger charge is -2.05. The summed E-state index contributed by atoms with van der Waals surface area (Å²) in [5, 5.41) is 4.32. The van der Waals surface area contributed by atoms with Gasteiger partial charge in [0.25, 0.3) is 0 Å². The van der Waals surface area contributed by atoms with Crippen molar-refractivity contribution in [2.24, 2.45) is 0 Å². The Labute approximate surface area is 128 Å². The highest BCUT2D eigenvalue weighted by molar-refractivity contribution is 7.98. The topological polar surface area (TPSA) is 53.6 Å². The predicted octanol–water partition coefficient (Wildman–Crippen LogP) is 4.07. The SMILES string of the molecule is CCCNc1ccnc(CSc2nc3ccccc3[nH]2)c1. The van der Waals surface area contributed by atoms with Crippen LogP contribution in [0.4, 0.5) is 5.69 Å². The largest absolute Gasteiger partial charge is 0.385 e. The fraction of sp³-hybridized carbons (Fsp3) is 0.250. The molecular formula is C16H18N4S. The minimum Gasteiger partial charge on any atom is -0.385 e. The molecule has 0 amide bonds. The third-order valence-corrected chi connectivity index (χ3v) is 4.03. The smallest absolute Gasteiger partial charge is 0.166 e. The second-order valence-electron chi connectivity index (χ2n) is 4.81. The van der Waals surface area contributed by atoms with E-state index in [1.54, 1.807) is 11.8 Å². The molecule has 0 saturated heterocycles. The number of thioether (sulfide) groups is 1. The van der Waals surface area contributed by atoms with E-state index < -0.39 is 0 Å². The number of benzene rings is 1. The van der Waals surface area contributed by atoms with Crippen molar-refractivity contribution in [2.75, 3.05) is 11.9 Å². The maximum absolute atomic E-state index is 4.56. The second-order valence-corrected chi connectivity index (χ2v) is 5.77. The van der Waals surface area contributed by atoms with Gasteiger partial charge in [-0.15, -0.1) is 0 Å². The molecule has 3 rings (SSSR count). The van der Waals surface area contributed by atoms with Gasteiger partial charge < -0.3 is 10.3 Å². The Morgan fingerprint density at radius 2 is 2.14 bits per heavy atom. The molecule has 21 heavy (non-hydrogen) atoms. The Balaban J connectivity index is 1.66. The lowest BCUT2D eigenvalue weighted by Crippen LogP contribution is -2.00. The van der Waals surface area contributed by atoms with Gasteiger partial charge in [0.1, 0.15) is 0 Å². The van der Waals surface area contributed by atoms with Gasteiger partial charge in [0.05, 0.1) is 16.7 Å². The molecule has 0 radical (unpaired) electrons. The van der Waals surface area contributed by atoms with Crippen molar-refractivity contribution in [3.8, 4) is 0 Å². The zero-order valence-corrected chi connectivity index (χ0v) is 12.8. The van der Waals surface area contributed by atoms with Gasteiger partial charge >= 0.3 is 0 Å². The number of aromatic nitrogens is 3. The van der Waals surface area contributed by atoms with Crippen molar-refractivity contribution in [2.45, 2.75) is 24.3 Å². The Bertz CT molecular complexity index is 690. The molecule has 0 aliphatic rings. The average molecular weight is 298 g/mol. The summed E-state index contributed by atoms with van der Waals surface area (Å²) in [5.41, 5.74) is 4.27. The molecule has 0 spiro atoms. The Morgan fingerprint density at radius 1 is 1.24 bits per heavy atom. The van der Waals surface area contributed by atoms with E-state index in [2.05, 4.69) is 33.3 Å². The zero-order valence-electron chi connectivity index (χ0n) is 12.0. The summed E-state index contributed by atoms with van der Waals surface area (Å²) in [7, 11) is 0. The molecule has 0 bridgehead atoms. The van der Waals surface area contributed by atoms with Crippen LogP contribution in [0.1, 0.15) is 19.0 Å². The average Bonchev–Trinajstić information content (AvgIpc) is 2.94. The summed E-state index contributed by atoms with van der Waals surface area (Å²) >= 11 is 1.67. The van der Waals surface area contributed by atoms with Crippen molar-refractivity contribution >= 4 is 28.5 Å². The summed E-state index contributed by atoms with van der Waals surface area (Å²) in [6.45, 7) is 3.15. The fourth-order valence-electron chi connectivity index (χ4n) is 2.08. The van der Waals surface area contributed by atoms with E-state index in [-0.39, 0.29) is 0 Å². The van der Waals surface area contributed by atoms with Crippen molar-refractivity contribution in [1.82, 2.24) is 15.0 Å². The Morgan fingerprint density at radius 3 is 3.00 bits per heavy atom. The van der Waals surface area contributed by atoms with Crippen LogP contribution in [0, 0.1) is 0 Å². The van der Waals surface area contributed by atoms with Crippen LogP contribution in [0.5, 0.6) is 0 Å². The second kappa shape index (κ2) is 6.63. The molecule has 1 aromatic carbocycles. The van der Waals surface area contributed by atoms with Crippen molar-refractivity contribution in [3.63, 3.8) is 0 Å². The van der Waals surface area contributed by atoms with E-state index >= 15 is 0 Å². The maximum atomic E-state index is 4.56. The number of fused-ring (bicyclic) bond motifs is 1. The molecule has 2 N–H and O–H groups in total. The highest BCUT2D eigenvalue weighted by Crippen LogP contribution is 2.23. The van der Waals surface area contributed by atoms with Crippen LogP contribution in [0.3, 0.4) is 0 Å². The number of rotatable bonds is 6. The van der Waals surface area contributed by atoms with Gasteiger partial charge in [0, 0.05) is 24.2 Å². The van der Waals surface area contributed by atoms with Crippen LogP contribution in [-0.4, -0.2) is 21.5 Å². The van der Waals surface area contributed by atoms with Crippen LogP contribution in [0.25, 0.3) is 11.0 Å². The molecule has 2 heterocycles. The van der Waals surface area contributed by atoms with Crippen LogP contribution in [-0.2, 0) is 5.75 Å². The van der Waals surface area contributed by atoms with Crippen molar-refractivity contribution < 1.29 is 0 Å². The normalized spacial score (nSPS) is 10.9. The minimum absolute atomic E-state index is 0.807. The first-order valence-corrected chi connectivity index (χ1v) is 8.10. The molecule has 0 unspecified atom stereocenters. The first-order valence-electron chi connectivity index (χ1n) is 7.11. The molecule has 0 aliphatic carbocycles. The number of imidazole rings is 1. The highest BCUT2D eigenvalue weighted by atomic mass is 32.2. The molecule has 0 fully saturated rings. The quantitative estimate of drug-likeness (QED) is 0.673. The number of hydrogen-bond donors (Lipinski definition) is 2. The number of pyridine rings is 1. The zero-order chi connectivity index (χ0) is 14.5. The van der Waals surface area contributed by atoms with Crippen LogP contribution in [0.2, 0.25) is 0 Å². The molecule has 0 saturated carbocycles. The number of nitrogens with one attached hydrogen (secondary N) is 2. The molecular weight excluding hydrogens is 280 g/mol. The van der Waals surface area contributed by atoms with Crippen LogP contribution in [0.15, 0.2) is 47.8 Å². The number of aromatic amines is 1. The summed E-state index contributed by atoms with van der Waals surface area (Å²) in [6, 6.07) is 12.2. The van der Waals surface area contributed by atoms with Gasteiger partial charge in [0.2, 0.25) is 0 Å². The van der Waals surface area contributed by atoms with Gasteiger partial charge in [0.15, 0.2) is 5.16 Å². The van der Waals surface area contributed by atoms with Gasteiger partial charge in [-0.1, -0.05) is 30.8 Å². The summed E-state index contributed by atoms with van der Waals surface area (Å²) in [6.07, 6.45) is 2.97. The third-order valence-electron chi connectivity index (χ3n) is 3.12. The van der Waals surface area contributed by atoms with Crippen molar-refractivity contribution in [1.29, 1.82) is 0 Å². The molecule has 0 atom stereocenters. The van der Waals surface area contributed by atoms with Gasteiger partial charge in [-0.25, -0.2) is 4.98 Å². The lowest BCUT2D eigenvalue weighted by atomic mass is 10.3. The van der Waals surface area contributed by atoms with Crippen molar-refractivity contribution in [3.05, 3.63) is 48.3 Å². The van der Waals surface area contributed by atoms with Gasteiger partial charge in [-0.3, -0.25) is 4.98 Å². The Kier molecular flexibility index (Phi) is 4.40. The summed E-state index contributed by atoms with van der Waals surface area (Å²) in [4.78, 5) is 12.3. The summed E-state index contributed by atoms with van der Waals surface area (Å²) in [5.74, 6) is 0.807. The van der Waals surface area contributed by atoms with Crippen LogP contribution >= 0.6 is 11.8 Å². The number of hydrogen-bond acceptors (Lipinski definition) is 4. The summed E-state index contributed by atoms with van der Waals surface area (Å²) < 4.78 is 0. The van der Waals surface area contributed by atoms with Gasteiger partial charge in [-0.2, -0.15) is 0 Å². The fourth-order valence-corrected chi connectivity index (χ4v) is 2.86. The predicted molar refractivity (Wildman–Crippen MR) is 88.7 cm³/mol. The van der Waals surface area contributed by atoms with E-state index in [0.29, 0.717) is 0 Å². The number of nitrogens with zero attached hydrogens (tertiary/aromatic N) is 2. The molecule has 4 nitrogen and oxygen atoms in total. The molecule has 0 aliphatic heterocycles. The molecule has 2 aromatic heterocycles. The molecule has 5 heteroatoms. The van der Waals surface area contributed by atoms with E-state index in [9.17, 15) is 0 Å². The number of para-hydroxylation sites is 2. The highest BCUT2D eigenvalue weighted by Gasteiger charge is 2.04. The number of H-pyrrole nitrogens is 1. The lowest BCUT2D eigenvalue weighted by molar-refractivity contribution is 0.977. The minimum atomic E-state index is 0.807. The standard InChI is InChI=1S/C16H18N4S/c1-2-8-17-12-7-9-18-13(10-12)11-21-16-19-14-5-3-4-6-15(14)20-16/h3-7,9-10H,2,8,11H2,1H3,(H,17,18)(H,19,20).